The van der Waals surface area contributed by atoms with Crippen LogP contribution in [0.5, 0.6) is 5.88 Å². The standard InChI is InChI=1S/C13H22N4O2/c1-5-17(6-2)13(18)9(3)15-12-10(14)7-8-11(16-12)19-4/h7-9H,5-6,14H2,1-4H3,(H,15,16). The molecule has 0 aromatic carbocycles. The molecule has 1 rings (SSSR count). The Balaban J connectivity index is 2.81. The lowest BCUT2D eigenvalue weighted by atomic mass is 10.2. The molecule has 1 unspecified atom stereocenters. The van der Waals surface area contributed by atoms with Crippen LogP contribution in [0.2, 0.25) is 0 Å². The molecule has 0 saturated heterocycles. The Morgan fingerprint density at radius 1 is 1.47 bits per heavy atom. The Hall–Kier alpha value is -1.98. The van der Waals surface area contributed by atoms with Gasteiger partial charge in [-0.15, -0.1) is 0 Å². The second kappa shape index (κ2) is 6.82. The van der Waals surface area contributed by atoms with Crippen molar-refractivity contribution in [1.29, 1.82) is 0 Å². The number of rotatable bonds is 6. The van der Waals surface area contributed by atoms with Crippen molar-refractivity contribution in [2.45, 2.75) is 26.8 Å². The summed E-state index contributed by atoms with van der Waals surface area (Å²) in [5, 5.41) is 3.03. The molecule has 0 fully saturated rings. The normalized spacial score (nSPS) is 11.8. The molecular weight excluding hydrogens is 244 g/mol. The molecule has 1 amide bonds. The second-order valence-corrected chi connectivity index (χ2v) is 4.17. The maximum atomic E-state index is 12.1. The van der Waals surface area contributed by atoms with Crippen molar-refractivity contribution >= 4 is 17.4 Å². The molecule has 0 saturated carbocycles. The summed E-state index contributed by atoms with van der Waals surface area (Å²) in [4.78, 5) is 18.1. The van der Waals surface area contributed by atoms with Crippen molar-refractivity contribution in [3.05, 3.63) is 12.1 Å². The molecule has 1 aromatic heterocycles. The average Bonchev–Trinajstić information content (AvgIpc) is 2.42. The number of nitrogen functional groups attached to an aromatic ring is 1. The number of amides is 1. The van der Waals surface area contributed by atoms with Crippen LogP contribution in [0.4, 0.5) is 11.5 Å². The quantitative estimate of drug-likeness (QED) is 0.812. The van der Waals surface area contributed by atoms with E-state index in [1.54, 1.807) is 24.0 Å². The molecule has 0 aliphatic heterocycles. The van der Waals surface area contributed by atoms with Crippen LogP contribution in [-0.2, 0) is 4.79 Å². The van der Waals surface area contributed by atoms with E-state index in [1.807, 2.05) is 13.8 Å². The summed E-state index contributed by atoms with van der Waals surface area (Å²) in [5.74, 6) is 0.945. The lowest BCUT2D eigenvalue weighted by Crippen LogP contribution is -2.41. The predicted molar refractivity (Wildman–Crippen MR) is 76.2 cm³/mol. The fourth-order valence-electron chi connectivity index (χ4n) is 1.76. The van der Waals surface area contributed by atoms with Crippen molar-refractivity contribution in [3.8, 4) is 5.88 Å². The van der Waals surface area contributed by atoms with Gasteiger partial charge in [-0.1, -0.05) is 0 Å². The lowest BCUT2D eigenvalue weighted by Gasteiger charge is -2.24. The van der Waals surface area contributed by atoms with Gasteiger partial charge >= 0.3 is 0 Å². The van der Waals surface area contributed by atoms with Gasteiger partial charge in [0.25, 0.3) is 0 Å². The van der Waals surface area contributed by atoms with E-state index >= 15 is 0 Å². The molecule has 0 aliphatic rings. The summed E-state index contributed by atoms with van der Waals surface area (Å²) < 4.78 is 5.04. The zero-order valence-corrected chi connectivity index (χ0v) is 11.9. The Kier molecular flexibility index (Phi) is 5.41. The first-order valence-corrected chi connectivity index (χ1v) is 6.39. The maximum Gasteiger partial charge on any atom is 0.244 e. The smallest absolute Gasteiger partial charge is 0.244 e. The number of hydrogen-bond donors (Lipinski definition) is 2. The molecule has 0 aliphatic carbocycles. The first kappa shape index (κ1) is 15.1. The summed E-state index contributed by atoms with van der Waals surface area (Å²) in [6.45, 7) is 7.06. The van der Waals surface area contributed by atoms with Crippen molar-refractivity contribution in [2.75, 3.05) is 31.2 Å². The molecule has 0 bridgehead atoms. The summed E-state index contributed by atoms with van der Waals surface area (Å²) in [6.07, 6.45) is 0. The molecule has 6 nitrogen and oxygen atoms in total. The van der Waals surface area contributed by atoms with Gasteiger partial charge in [-0.25, -0.2) is 0 Å². The van der Waals surface area contributed by atoms with Crippen LogP contribution in [-0.4, -0.2) is 42.0 Å². The highest BCUT2D eigenvalue weighted by Crippen LogP contribution is 2.20. The lowest BCUT2D eigenvalue weighted by molar-refractivity contribution is -0.131. The number of carbonyl (C=O) groups is 1. The van der Waals surface area contributed by atoms with Gasteiger partial charge in [0, 0.05) is 19.2 Å². The first-order chi connectivity index (χ1) is 9.03. The minimum atomic E-state index is -0.387. The Bertz CT molecular complexity index is 433. The predicted octanol–water partition coefficient (Wildman–Crippen LogP) is 1.34. The van der Waals surface area contributed by atoms with E-state index in [2.05, 4.69) is 10.3 Å². The largest absolute Gasteiger partial charge is 0.481 e. The number of pyridine rings is 1. The number of aromatic nitrogens is 1. The number of ether oxygens (including phenoxy) is 1. The van der Waals surface area contributed by atoms with Crippen molar-refractivity contribution in [1.82, 2.24) is 9.88 Å². The van der Waals surface area contributed by atoms with E-state index < -0.39 is 0 Å². The number of nitrogens with one attached hydrogen (secondary N) is 1. The Morgan fingerprint density at radius 2 is 2.11 bits per heavy atom. The molecule has 1 atom stereocenters. The van der Waals surface area contributed by atoms with Crippen LogP contribution in [0.3, 0.4) is 0 Å². The van der Waals surface area contributed by atoms with Gasteiger partial charge in [0.15, 0.2) is 5.82 Å². The molecule has 1 aromatic rings. The zero-order chi connectivity index (χ0) is 14.4. The number of likely N-dealkylation sites (N-methyl/N-ethyl adjacent to an activating group) is 1. The zero-order valence-electron chi connectivity index (χ0n) is 11.9. The first-order valence-electron chi connectivity index (χ1n) is 6.39. The van der Waals surface area contributed by atoms with Gasteiger partial charge in [-0.05, 0) is 26.8 Å². The average molecular weight is 266 g/mol. The van der Waals surface area contributed by atoms with Crippen LogP contribution in [0.25, 0.3) is 0 Å². The monoisotopic (exact) mass is 266 g/mol. The molecule has 0 spiro atoms. The summed E-state index contributed by atoms with van der Waals surface area (Å²) >= 11 is 0. The molecule has 1 heterocycles. The number of nitrogens with two attached hydrogens (primary N) is 1. The third-order valence-electron chi connectivity index (χ3n) is 2.91. The molecular formula is C13H22N4O2. The highest BCUT2D eigenvalue weighted by molar-refractivity contribution is 5.85. The third-order valence-corrected chi connectivity index (χ3v) is 2.91. The van der Waals surface area contributed by atoms with E-state index in [-0.39, 0.29) is 11.9 Å². The summed E-state index contributed by atoms with van der Waals surface area (Å²) in [7, 11) is 1.53. The number of hydrogen-bond acceptors (Lipinski definition) is 5. The van der Waals surface area contributed by atoms with Gasteiger partial charge in [0.05, 0.1) is 12.8 Å². The van der Waals surface area contributed by atoms with Crippen molar-refractivity contribution in [3.63, 3.8) is 0 Å². The minimum absolute atomic E-state index is 0.0222. The van der Waals surface area contributed by atoms with Gasteiger partial charge in [-0.2, -0.15) is 4.98 Å². The SMILES string of the molecule is CCN(CC)C(=O)C(C)Nc1nc(OC)ccc1N. The maximum absolute atomic E-state index is 12.1. The topological polar surface area (TPSA) is 80.5 Å². The van der Waals surface area contributed by atoms with Crippen LogP contribution in [0.15, 0.2) is 12.1 Å². The van der Waals surface area contributed by atoms with E-state index in [9.17, 15) is 4.79 Å². The van der Waals surface area contributed by atoms with E-state index in [4.69, 9.17) is 10.5 Å². The Labute approximate surface area is 113 Å². The van der Waals surface area contributed by atoms with Gasteiger partial charge in [-0.3, -0.25) is 4.79 Å². The summed E-state index contributed by atoms with van der Waals surface area (Å²) in [6, 6.07) is 2.99. The van der Waals surface area contributed by atoms with Crippen LogP contribution in [0.1, 0.15) is 20.8 Å². The van der Waals surface area contributed by atoms with Crippen molar-refractivity contribution < 1.29 is 9.53 Å². The molecule has 19 heavy (non-hydrogen) atoms. The number of carbonyl (C=O) groups excluding carboxylic acids is 1. The van der Waals surface area contributed by atoms with E-state index in [0.29, 0.717) is 30.5 Å². The fraction of sp³-hybridized carbons (Fsp3) is 0.538. The molecule has 106 valence electrons. The van der Waals surface area contributed by atoms with Crippen LogP contribution >= 0.6 is 0 Å². The number of methoxy groups -OCH3 is 1. The number of nitrogens with zero attached hydrogens (tertiary/aromatic N) is 2. The van der Waals surface area contributed by atoms with E-state index in [1.165, 1.54) is 7.11 Å². The molecule has 3 N–H and O–H groups in total. The highest BCUT2D eigenvalue weighted by Gasteiger charge is 2.19. The van der Waals surface area contributed by atoms with Gasteiger partial charge in [0.1, 0.15) is 6.04 Å². The van der Waals surface area contributed by atoms with E-state index in [0.717, 1.165) is 0 Å². The van der Waals surface area contributed by atoms with Crippen molar-refractivity contribution in [2.24, 2.45) is 0 Å². The number of anilines is 2. The van der Waals surface area contributed by atoms with Crippen LogP contribution in [0, 0.1) is 0 Å². The summed E-state index contributed by atoms with van der Waals surface area (Å²) in [5.41, 5.74) is 6.31. The minimum Gasteiger partial charge on any atom is -0.481 e. The fourth-order valence-corrected chi connectivity index (χ4v) is 1.76. The van der Waals surface area contributed by atoms with Gasteiger partial charge < -0.3 is 20.7 Å². The van der Waals surface area contributed by atoms with Crippen LogP contribution < -0.4 is 15.8 Å². The molecule has 0 radical (unpaired) electrons. The molecule has 6 heteroatoms. The second-order valence-electron chi connectivity index (χ2n) is 4.17. The Morgan fingerprint density at radius 3 is 2.63 bits per heavy atom. The third kappa shape index (κ3) is 3.74. The highest BCUT2D eigenvalue weighted by atomic mass is 16.5. The van der Waals surface area contributed by atoms with Gasteiger partial charge in [0.2, 0.25) is 11.8 Å².